The minimum atomic E-state index is -0.334. The zero-order valence-electron chi connectivity index (χ0n) is 23.0. The van der Waals surface area contributed by atoms with Crippen molar-refractivity contribution in [3.63, 3.8) is 0 Å². The second kappa shape index (κ2) is 16.2. The smallest absolute Gasteiger partial charge is 0.242 e. The van der Waals surface area contributed by atoms with Gasteiger partial charge in [0.1, 0.15) is 0 Å². The third-order valence-electron chi connectivity index (χ3n) is 5.71. The predicted octanol–water partition coefficient (Wildman–Crippen LogP) is 5.02. The maximum absolute atomic E-state index is 12.9. The molecule has 0 aromatic heterocycles. The van der Waals surface area contributed by atoms with E-state index in [0.717, 1.165) is 17.1 Å². The molecular formula is C28H49N3O3. The fourth-order valence-electron chi connectivity index (χ4n) is 3.74. The van der Waals surface area contributed by atoms with Gasteiger partial charge in [0.2, 0.25) is 11.8 Å². The van der Waals surface area contributed by atoms with Gasteiger partial charge in [-0.15, -0.1) is 0 Å². The Balaban J connectivity index is 0. The van der Waals surface area contributed by atoms with Crippen molar-refractivity contribution < 1.29 is 15.1 Å². The molecule has 0 unspecified atom stereocenters. The van der Waals surface area contributed by atoms with Crippen molar-refractivity contribution in [3.8, 4) is 0 Å². The fourth-order valence-corrected chi connectivity index (χ4v) is 3.74. The standard InChI is InChI=1S/C24H37N3O2.C4H10.H2O/c1-8-20(24(5,6)19-12-10-9-11-13-19)23(29)26-16-22(28)27(7)21(17(2)3)14-18(4)15-25;1-4(2)3;/h9-15,17,20-21,25H,8,16H2,1-7H3,(H,26,29);4H,1-3H3;1H2/b18-14+,25-15?;;/t20-,21-;;/m1../s1. The minimum absolute atomic E-state index is 0. The van der Waals surface area contributed by atoms with Gasteiger partial charge in [0.15, 0.2) is 0 Å². The highest BCUT2D eigenvalue weighted by Gasteiger charge is 2.35. The highest BCUT2D eigenvalue weighted by molar-refractivity contribution is 5.87. The van der Waals surface area contributed by atoms with Crippen LogP contribution in [0.25, 0.3) is 0 Å². The van der Waals surface area contributed by atoms with Crippen LogP contribution in [0, 0.1) is 23.2 Å². The summed E-state index contributed by atoms with van der Waals surface area (Å²) >= 11 is 0. The van der Waals surface area contributed by atoms with E-state index in [1.807, 2.05) is 64.1 Å². The maximum Gasteiger partial charge on any atom is 0.242 e. The average Bonchev–Trinajstić information content (AvgIpc) is 2.75. The zero-order valence-corrected chi connectivity index (χ0v) is 23.0. The largest absolute Gasteiger partial charge is 0.412 e. The minimum Gasteiger partial charge on any atom is -0.412 e. The quantitative estimate of drug-likeness (QED) is 0.464. The normalized spacial score (nSPS) is 13.2. The van der Waals surface area contributed by atoms with Crippen LogP contribution in [0.4, 0.5) is 0 Å². The predicted molar refractivity (Wildman–Crippen MR) is 144 cm³/mol. The van der Waals surface area contributed by atoms with Crippen molar-refractivity contribution in [1.29, 1.82) is 5.41 Å². The third-order valence-corrected chi connectivity index (χ3v) is 5.71. The van der Waals surface area contributed by atoms with E-state index in [-0.39, 0.29) is 47.1 Å². The monoisotopic (exact) mass is 475 g/mol. The number of rotatable bonds is 10. The maximum atomic E-state index is 12.9. The summed E-state index contributed by atoms with van der Waals surface area (Å²) in [6.45, 7) is 18.5. The van der Waals surface area contributed by atoms with Gasteiger partial charge in [-0.1, -0.05) is 91.8 Å². The summed E-state index contributed by atoms with van der Waals surface area (Å²) in [5.74, 6) is 0.563. The first kappa shape index (κ1) is 33.7. The highest BCUT2D eigenvalue weighted by atomic mass is 16.2. The summed E-state index contributed by atoms with van der Waals surface area (Å²) in [6.07, 6.45) is 3.89. The number of benzene rings is 1. The van der Waals surface area contributed by atoms with Gasteiger partial charge >= 0.3 is 0 Å². The Kier molecular flexibility index (Phi) is 16.1. The van der Waals surface area contributed by atoms with Crippen molar-refractivity contribution in [2.75, 3.05) is 13.6 Å². The first-order valence-corrected chi connectivity index (χ1v) is 12.1. The number of nitrogens with zero attached hydrogens (tertiary/aromatic N) is 1. The first-order valence-electron chi connectivity index (χ1n) is 12.1. The molecule has 0 heterocycles. The van der Waals surface area contributed by atoms with E-state index in [9.17, 15) is 9.59 Å². The van der Waals surface area contributed by atoms with Crippen LogP contribution >= 0.6 is 0 Å². The molecule has 0 bridgehead atoms. The van der Waals surface area contributed by atoms with Gasteiger partial charge < -0.3 is 21.1 Å². The molecule has 1 aromatic carbocycles. The van der Waals surface area contributed by atoms with Crippen LogP contribution in [-0.4, -0.2) is 48.0 Å². The van der Waals surface area contributed by atoms with Gasteiger partial charge in [0.25, 0.3) is 0 Å². The van der Waals surface area contributed by atoms with Gasteiger partial charge in [-0.05, 0) is 36.3 Å². The van der Waals surface area contributed by atoms with E-state index in [0.29, 0.717) is 6.42 Å². The summed E-state index contributed by atoms with van der Waals surface area (Å²) in [5, 5.41) is 10.2. The lowest BCUT2D eigenvalue weighted by Gasteiger charge is -2.34. The molecule has 6 heteroatoms. The molecular weight excluding hydrogens is 426 g/mol. The average molecular weight is 476 g/mol. The molecule has 0 aliphatic carbocycles. The van der Waals surface area contributed by atoms with Crippen molar-refractivity contribution >= 4 is 18.0 Å². The Morgan fingerprint density at radius 1 is 1.09 bits per heavy atom. The number of allylic oxidation sites excluding steroid dienone is 1. The van der Waals surface area contributed by atoms with Crippen molar-refractivity contribution in [2.45, 2.75) is 80.2 Å². The van der Waals surface area contributed by atoms with Crippen LogP contribution in [0.15, 0.2) is 42.0 Å². The van der Waals surface area contributed by atoms with Gasteiger partial charge in [0, 0.05) is 24.6 Å². The molecule has 0 spiro atoms. The van der Waals surface area contributed by atoms with E-state index in [2.05, 4.69) is 39.9 Å². The Labute approximate surface area is 208 Å². The molecule has 4 N–H and O–H groups in total. The second-order valence-corrected chi connectivity index (χ2v) is 10.3. The molecule has 0 saturated heterocycles. The molecule has 2 atom stereocenters. The molecule has 2 amide bonds. The van der Waals surface area contributed by atoms with Crippen LogP contribution in [0.5, 0.6) is 0 Å². The van der Waals surface area contributed by atoms with Gasteiger partial charge in [0.05, 0.1) is 12.6 Å². The Bertz CT molecular complexity index is 768. The van der Waals surface area contributed by atoms with E-state index < -0.39 is 0 Å². The molecule has 0 aliphatic heterocycles. The van der Waals surface area contributed by atoms with Crippen LogP contribution in [0.1, 0.15) is 74.3 Å². The second-order valence-electron chi connectivity index (χ2n) is 10.3. The van der Waals surface area contributed by atoms with E-state index in [4.69, 9.17) is 5.41 Å². The number of carbonyl (C=O) groups excluding carboxylic acids is 2. The van der Waals surface area contributed by atoms with Crippen molar-refractivity contribution in [2.24, 2.45) is 17.8 Å². The SMILES string of the molecule is CC(C)C.CC[C@H](C(=O)NCC(=O)N(C)[C@H](/C=C(\C)C=N)C(C)C)C(C)(C)c1ccccc1.O. The Morgan fingerprint density at radius 2 is 1.59 bits per heavy atom. The fraction of sp³-hybridized carbons (Fsp3) is 0.607. The number of hydrogen-bond donors (Lipinski definition) is 2. The molecule has 0 fully saturated rings. The number of nitrogens with one attached hydrogen (secondary N) is 2. The van der Waals surface area contributed by atoms with Gasteiger partial charge in [-0.2, -0.15) is 0 Å². The molecule has 0 aliphatic rings. The molecule has 1 rings (SSSR count). The summed E-state index contributed by atoms with van der Waals surface area (Å²) in [4.78, 5) is 27.3. The molecule has 6 nitrogen and oxygen atoms in total. The summed E-state index contributed by atoms with van der Waals surface area (Å²) in [7, 11) is 1.75. The Hall–Kier alpha value is -2.47. The molecule has 0 radical (unpaired) electrons. The van der Waals surface area contributed by atoms with Crippen LogP contribution in [0.2, 0.25) is 0 Å². The topological polar surface area (TPSA) is 105 Å². The van der Waals surface area contributed by atoms with Crippen LogP contribution in [-0.2, 0) is 15.0 Å². The van der Waals surface area contributed by atoms with E-state index >= 15 is 0 Å². The highest BCUT2D eigenvalue weighted by Crippen LogP contribution is 2.33. The van der Waals surface area contributed by atoms with Crippen molar-refractivity contribution in [1.82, 2.24) is 10.2 Å². The van der Waals surface area contributed by atoms with Crippen LogP contribution < -0.4 is 5.32 Å². The molecule has 194 valence electrons. The number of amides is 2. The van der Waals surface area contributed by atoms with E-state index in [1.54, 1.807) is 11.9 Å². The van der Waals surface area contributed by atoms with E-state index in [1.165, 1.54) is 6.21 Å². The number of likely N-dealkylation sites (N-methyl/N-ethyl adjacent to an activating group) is 1. The summed E-state index contributed by atoms with van der Waals surface area (Å²) in [6, 6.07) is 9.89. The number of carbonyl (C=O) groups is 2. The third kappa shape index (κ3) is 11.1. The van der Waals surface area contributed by atoms with Crippen molar-refractivity contribution in [3.05, 3.63) is 47.5 Å². The first-order chi connectivity index (χ1) is 15.3. The van der Waals surface area contributed by atoms with Crippen LogP contribution in [0.3, 0.4) is 0 Å². The lowest BCUT2D eigenvalue weighted by molar-refractivity contribution is -0.135. The summed E-state index contributed by atoms with van der Waals surface area (Å²) in [5.41, 5.74) is 1.58. The summed E-state index contributed by atoms with van der Waals surface area (Å²) < 4.78 is 0. The van der Waals surface area contributed by atoms with Gasteiger partial charge in [-0.3, -0.25) is 9.59 Å². The molecule has 0 saturated carbocycles. The zero-order chi connectivity index (χ0) is 25.8. The number of hydrogen-bond acceptors (Lipinski definition) is 3. The lowest BCUT2D eigenvalue weighted by Crippen LogP contribution is -2.47. The molecule has 1 aromatic rings. The molecule has 34 heavy (non-hydrogen) atoms. The lowest BCUT2D eigenvalue weighted by atomic mass is 9.71. The Morgan fingerprint density at radius 3 is 2.00 bits per heavy atom. The van der Waals surface area contributed by atoms with Gasteiger partial charge in [-0.25, -0.2) is 0 Å².